The van der Waals surface area contributed by atoms with Gasteiger partial charge in [0.1, 0.15) is 5.75 Å². The second kappa shape index (κ2) is 3.91. The predicted octanol–water partition coefficient (Wildman–Crippen LogP) is 4.23. The second-order valence-electron chi connectivity index (χ2n) is 3.07. The van der Waals surface area contributed by atoms with E-state index in [1.807, 2.05) is 0 Å². The highest BCUT2D eigenvalue weighted by Gasteiger charge is 2.11. The van der Waals surface area contributed by atoms with Crippen LogP contribution in [0.15, 0.2) is 22.0 Å². The highest BCUT2D eigenvalue weighted by atomic mass is 79.9. The lowest BCUT2D eigenvalue weighted by Gasteiger charge is -2.08. The summed E-state index contributed by atoms with van der Waals surface area (Å²) in [5, 5.41) is 3.33. The molecule has 2 rings (SSSR count). The van der Waals surface area contributed by atoms with E-state index in [1.54, 1.807) is 18.4 Å². The smallest absolute Gasteiger partial charge is 0.139 e. The summed E-state index contributed by atoms with van der Waals surface area (Å²) in [6, 6.07) is 4.26. The summed E-state index contributed by atoms with van der Waals surface area (Å²) in [6.07, 6.45) is 0.996. The Bertz CT molecular complexity index is 462. The molecule has 1 aromatic heterocycles. The van der Waals surface area contributed by atoms with E-state index in [4.69, 9.17) is 4.74 Å². The molecule has 0 atom stereocenters. The summed E-state index contributed by atoms with van der Waals surface area (Å²) >= 11 is 5.31. The van der Waals surface area contributed by atoms with Gasteiger partial charge in [0.05, 0.1) is 11.8 Å². The maximum absolute atomic E-state index is 5.45. The third-order valence-corrected chi connectivity index (χ3v) is 3.88. The van der Waals surface area contributed by atoms with E-state index < -0.39 is 0 Å². The molecule has 0 aliphatic heterocycles. The molecule has 0 amide bonds. The fourth-order valence-corrected chi connectivity index (χ4v) is 3.31. The Morgan fingerprint density at radius 3 is 2.93 bits per heavy atom. The first-order chi connectivity index (χ1) is 6.77. The van der Waals surface area contributed by atoms with Gasteiger partial charge in [0.25, 0.3) is 0 Å². The van der Waals surface area contributed by atoms with Gasteiger partial charge in [0.2, 0.25) is 0 Å². The molecule has 1 heterocycles. The van der Waals surface area contributed by atoms with E-state index in [2.05, 4.69) is 40.4 Å². The molecule has 0 aliphatic rings. The van der Waals surface area contributed by atoms with Gasteiger partial charge in [-0.1, -0.05) is 22.9 Å². The van der Waals surface area contributed by atoms with Gasteiger partial charge in [-0.3, -0.25) is 0 Å². The van der Waals surface area contributed by atoms with Crippen LogP contribution in [0.3, 0.4) is 0 Å². The number of hydrogen-bond acceptors (Lipinski definition) is 2. The number of aryl methyl sites for hydroxylation is 1. The lowest BCUT2D eigenvalue weighted by molar-refractivity contribution is 0.416. The van der Waals surface area contributed by atoms with E-state index in [9.17, 15) is 0 Å². The summed E-state index contributed by atoms with van der Waals surface area (Å²) in [4.78, 5) is 0. The summed E-state index contributed by atoms with van der Waals surface area (Å²) in [7, 11) is 1.74. The fourth-order valence-electron chi connectivity index (χ4n) is 1.60. The van der Waals surface area contributed by atoms with Crippen LogP contribution in [-0.4, -0.2) is 7.11 Å². The standard InChI is InChI=1S/C11H11BrOS/c1-3-7-6-9(12)8-4-5-14-11(8)10(7)13-2/h4-6H,3H2,1-2H3. The number of hydrogen-bond donors (Lipinski definition) is 0. The molecule has 2 aromatic rings. The van der Waals surface area contributed by atoms with Crippen LogP contribution < -0.4 is 4.74 Å². The van der Waals surface area contributed by atoms with Crippen LogP contribution in [0.1, 0.15) is 12.5 Å². The summed E-state index contributed by atoms with van der Waals surface area (Å²) in [5.41, 5.74) is 1.26. The van der Waals surface area contributed by atoms with Crippen LogP contribution in [-0.2, 0) is 6.42 Å². The summed E-state index contributed by atoms with van der Waals surface area (Å²) in [5.74, 6) is 1.03. The van der Waals surface area contributed by atoms with Crippen molar-refractivity contribution in [3.63, 3.8) is 0 Å². The Balaban J connectivity index is 2.82. The maximum atomic E-state index is 5.45. The summed E-state index contributed by atoms with van der Waals surface area (Å²) in [6.45, 7) is 2.14. The van der Waals surface area contributed by atoms with Gasteiger partial charge in [-0.2, -0.15) is 0 Å². The Kier molecular flexibility index (Phi) is 2.79. The van der Waals surface area contributed by atoms with E-state index in [-0.39, 0.29) is 0 Å². The average molecular weight is 271 g/mol. The van der Waals surface area contributed by atoms with Crippen molar-refractivity contribution in [2.24, 2.45) is 0 Å². The molecule has 0 radical (unpaired) electrons. The number of methoxy groups -OCH3 is 1. The molecule has 1 aromatic carbocycles. The van der Waals surface area contributed by atoms with Gasteiger partial charge in [0.15, 0.2) is 0 Å². The number of fused-ring (bicyclic) bond motifs is 1. The van der Waals surface area contributed by atoms with Crippen molar-refractivity contribution < 1.29 is 4.74 Å². The van der Waals surface area contributed by atoms with Gasteiger partial charge >= 0.3 is 0 Å². The van der Waals surface area contributed by atoms with Crippen molar-refractivity contribution in [3.8, 4) is 5.75 Å². The molecule has 0 spiro atoms. The number of ether oxygens (including phenoxy) is 1. The average Bonchev–Trinajstić information content (AvgIpc) is 2.66. The van der Waals surface area contributed by atoms with Crippen LogP contribution in [0.2, 0.25) is 0 Å². The lowest BCUT2D eigenvalue weighted by atomic mass is 10.1. The Morgan fingerprint density at radius 2 is 2.29 bits per heavy atom. The number of rotatable bonds is 2. The zero-order valence-corrected chi connectivity index (χ0v) is 10.5. The molecule has 0 saturated carbocycles. The Morgan fingerprint density at radius 1 is 1.50 bits per heavy atom. The van der Waals surface area contributed by atoms with Crippen molar-refractivity contribution in [1.82, 2.24) is 0 Å². The van der Waals surface area contributed by atoms with Crippen LogP contribution in [0.5, 0.6) is 5.75 Å². The first kappa shape index (κ1) is 9.99. The molecule has 0 N–H and O–H groups in total. The van der Waals surface area contributed by atoms with Crippen molar-refractivity contribution in [3.05, 3.63) is 27.5 Å². The molecule has 0 unspecified atom stereocenters. The molecule has 0 aliphatic carbocycles. The van der Waals surface area contributed by atoms with Gasteiger partial charge in [-0.25, -0.2) is 0 Å². The highest BCUT2D eigenvalue weighted by molar-refractivity contribution is 9.10. The first-order valence-corrected chi connectivity index (χ1v) is 6.17. The fraction of sp³-hybridized carbons (Fsp3) is 0.273. The highest BCUT2D eigenvalue weighted by Crippen LogP contribution is 2.38. The molecule has 14 heavy (non-hydrogen) atoms. The van der Waals surface area contributed by atoms with Gasteiger partial charge in [-0.15, -0.1) is 11.3 Å². The van der Waals surface area contributed by atoms with E-state index in [0.717, 1.165) is 16.6 Å². The minimum atomic E-state index is 0.996. The molecule has 0 bridgehead atoms. The molecule has 1 nitrogen and oxygen atoms in total. The number of thiophene rings is 1. The summed E-state index contributed by atoms with van der Waals surface area (Å²) < 4.78 is 7.85. The van der Waals surface area contributed by atoms with Gasteiger partial charge < -0.3 is 4.74 Å². The molecule has 0 saturated heterocycles. The minimum absolute atomic E-state index is 0.996. The zero-order valence-electron chi connectivity index (χ0n) is 8.13. The quantitative estimate of drug-likeness (QED) is 0.794. The van der Waals surface area contributed by atoms with Crippen molar-refractivity contribution in [2.45, 2.75) is 13.3 Å². The monoisotopic (exact) mass is 270 g/mol. The number of benzene rings is 1. The van der Waals surface area contributed by atoms with Crippen molar-refractivity contribution in [2.75, 3.05) is 7.11 Å². The normalized spacial score (nSPS) is 10.8. The Labute approximate surface area is 95.8 Å². The molecular weight excluding hydrogens is 260 g/mol. The van der Waals surface area contributed by atoms with E-state index in [0.29, 0.717) is 0 Å². The topological polar surface area (TPSA) is 9.23 Å². The predicted molar refractivity (Wildman–Crippen MR) is 65.5 cm³/mol. The van der Waals surface area contributed by atoms with E-state index >= 15 is 0 Å². The first-order valence-electron chi connectivity index (χ1n) is 4.50. The van der Waals surface area contributed by atoms with Gasteiger partial charge in [-0.05, 0) is 29.5 Å². The minimum Gasteiger partial charge on any atom is -0.495 e. The zero-order chi connectivity index (χ0) is 10.1. The Hall–Kier alpha value is -0.540. The maximum Gasteiger partial charge on any atom is 0.139 e. The second-order valence-corrected chi connectivity index (χ2v) is 4.84. The molecule has 74 valence electrons. The third-order valence-electron chi connectivity index (χ3n) is 2.31. The number of halogens is 1. The van der Waals surface area contributed by atoms with Crippen LogP contribution in [0, 0.1) is 0 Å². The lowest BCUT2D eigenvalue weighted by Crippen LogP contribution is -1.90. The van der Waals surface area contributed by atoms with E-state index in [1.165, 1.54) is 15.6 Å². The van der Waals surface area contributed by atoms with Crippen molar-refractivity contribution >= 4 is 37.4 Å². The van der Waals surface area contributed by atoms with Crippen LogP contribution in [0.25, 0.3) is 10.1 Å². The molecule has 3 heteroatoms. The largest absolute Gasteiger partial charge is 0.495 e. The molecular formula is C11H11BrOS. The van der Waals surface area contributed by atoms with Gasteiger partial charge in [0, 0.05) is 9.86 Å². The molecule has 0 fully saturated rings. The SMILES string of the molecule is CCc1cc(Br)c2ccsc2c1OC. The van der Waals surface area contributed by atoms with Crippen molar-refractivity contribution in [1.29, 1.82) is 0 Å². The van der Waals surface area contributed by atoms with Crippen LogP contribution >= 0.6 is 27.3 Å². The third kappa shape index (κ3) is 1.44. The van der Waals surface area contributed by atoms with Crippen LogP contribution in [0.4, 0.5) is 0 Å².